The van der Waals surface area contributed by atoms with Crippen LogP contribution in [-0.2, 0) is 33.2 Å². The molecular weight excluding hydrogens is 574 g/mol. The third kappa shape index (κ3) is 7.03. The van der Waals surface area contributed by atoms with Gasteiger partial charge >= 0.3 is 18.1 Å². The summed E-state index contributed by atoms with van der Waals surface area (Å²) >= 11 is 0. The number of fused-ring (bicyclic) bond motifs is 1. The monoisotopic (exact) mass is 619 g/mol. The van der Waals surface area contributed by atoms with Gasteiger partial charge in [-0.1, -0.05) is 32.1 Å². The largest absolute Gasteiger partial charge is 0.508 e. The van der Waals surface area contributed by atoms with Crippen molar-refractivity contribution in [2.75, 3.05) is 20.3 Å². The van der Waals surface area contributed by atoms with Crippen LogP contribution in [0.2, 0.25) is 0 Å². The molecular formula is C32H45NO11. The summed E-state index contributed by atoms with van der Waals surface area (Å²) in [5, 5.41) is 19.5. The quantitative estimate of drug-likeness (QED) is 0.200. The van der Waals surface area contributed by atoms with Gasteiger partial charge in [-0.05, 0) is 51.3 Å². The van der Waals surface area contributed by atoms with Gasteiger partial charge in [-0.15, -0.1) is 0 Å². The Labute approximate surface area is 257 Å². The second-order valence-corrected chi connectivity index (χ2v) is 12.1. The van der Waals surface area contributed by atoms with Gasteiger partial charge < -0.3 is 43.6 Å². The molecule has 1 aromatic rings. The Morgan fingerprint density at radius 3 is 2.57 bits per heavy atom. The maximum absolute atomic E-state index is 13.4. The number of rotatable bonds is 10. The molecule has 44 heavy (non-hydrogen) atoms. The summed E-state index contributed by atoms with van der Waals surface area (Å²) < 4.78 is 34.7. The molecule has 0 amide bonds. The van der Waals surface area contributed by atoms with Crippen molar-refractivity contribution in [3.8, 4) is 0 Å². The lowest BCUT2D eigenvalue weighted by molar-refractivity contribution is -0.173. The molecule has 1 aliphatic carbocycles. The number of carbonyl (C=O) groups is 3. The molecule has 1 fully saturated rings. The standard InChI is InChI=1S/C32H45NO11/c1-17-14-18(2)32-16-22(28(44-32)27(19(3)20(4)35)43-29(36)24-8-7-11-33-24)9-10-23(32)15-25(39-6)30(37)42-26(17)21(5)41-31(38)40-13-12-34/h7-11,14,17,19-23,25-28,33-35H,12-13,15-16H2,1-6H3/b18-14+/t17-,19-,20+,21-,22-,23-,25+,26+,27-,28-,32+/m1/s1. The van der Waals surface area contributed by atoms with Crippen LogP contribution in [0.1, 0.15) is 57.9 Å². The Hall–Kier alpha value is -3.19. The van der Waals surface area contributed by atoms with Crippen LogP contribution in [0.15, 0.2) is 42.1 Å². The van der Waals surface area contributed by atoms with Crippen molar-refractivity contribution in [2.45, 2.75) is 89.7 Å². The first kappa shape index (κ1) is 33.7. The fourth-order valence-corrected chi connectivity index (χ4v) is 6.58. The maximum atomic E-state index is 13.4. The van der Waals surface area contributed by atoms with Gasteiger partial charge in [-0.25, -0.2) is 14.4 Å². The Morgan fingerprint density at radius 2 is 1.93 bits per heavy atom. The molecule has 3 heterocycles. The number of H-pyrrole nitrogens is 1. The molecule has 244 valence electrons. The highest BCUT2D eigenvalue weighted by molar-refractivity contribution is 5.87. The summed E-state index contributed by atoms with van der Waals surface area (Å²) in [5.41, 5.74) is 0.323. The van der Waals surface area contributed by atoms with Crippen LogP contribution in [0.5, 0.6) is 0 Å². The summed E-state index contributed by atoms with van der Waals surface area (Å²) in [5.74, 6) is -2.42. The van der Waals surface area contributed by atoms with Gasteiger partial charge in [0.2, 0.25) is 0 Å². The number of nitrogens with one attached hydrogen (secondary N) is 1. The van der Waals surface area contributed by atoms with Crippen molar-refractivity contribution in [2.24, 2.45) is 23.7 Å². The van der Waals surface area contributed by atoms with E-state index in [9.17, 15) is 19.5 Å². The average molecular weight is 620 g/mol. The number of aromatic nitrogens is 1. The molecule has 1 spiro atoms. The van der Waals surface area contributed by atoms with E-state index in [4.69, 9.17) is 33.5 Å². The highest BCUT2D eigenvalue weighted by Crippen LogP contribution is 2.53. The first-order valence-electron chi connectivity index (χ1n) is 15.2. The number of methoxy groups -OCH3 is 1. The molecule has 1 aromatic heterocycles. The van der Waals surface area contributed by atoms with Gasteiger partial charge in [0.05, 0.1) is 18.3 Å². The van der Waals surface area contributed by atoms with E-state index in [1.807, 2.05) is 39.0 Å². The van der Waals surface area contributed by atoms with E-state index in [0.29, 0.717) is 12.1 Å². The molecule has 12 heteroatoms. The third-order valence-electron chi connectivity index (χ3n) is 9.18. The smallest absolute Gasteiger partial charge is 0.456 e. The summed E-state index contributed by atoms with van der Waals surface area (Å²) in [6, 6.07) is 3.33. The van der Waals surface area contributed by atoms with Crippen molar-refractivity contribution < 1.29 is 53.0 Å². The minimum Gasteiger partial charge on any atom is -0.456 e. The molecule has 3 N–H and O–H groups in total. The molecule has 2 bridgehead atoms. The van der Waals surface area contributed by atoms with E-state index in [1.54, 1.807) is 32.2 Å². The molecule has 0 aromatic carbocycles. The minimum atomic E-state index is -0.982. The fourth-order valence-electron chi connectivity index (χ4n) is 6.58. The molecule has 0 saturated carbocycles. The molecule has 1 saturated heterocycles. The number of cyclic esters (lactones) is 1. The molecule has 0 unspecified atom stereocenters. The molecule has 12 nitrogen and oxygen atoms in total. The highest BCUT2D eigenvalue weighted by atomic mass is 16.7. The highest BCUT2D eigenvalue weighted by Gasteiger charge is 2.57. The van der Waals surface area contributed by atoms with Crippen LogP contribution in [0.4, 0.5) is 4.79 Å². The van der Waals surface area contributed by atoms with Crippen molar-refractivity contribution in [3.63, 3.8) is 0 Å². The van der Waals surface area contributed by atoms with Crippen molar-refractivity contribution >= 4 is 18.1 Å². The molecule has 4 rings (SSSR count). The van der Waals surface area contributed by atoms with Gasteiger partial charge in [0, 0.05) is 37.0 Å². The summed E-state index contributed by atoms with van der Waals surface area (Å²) in [4.78, 5) is 41.5. The predicted octanol–water partition coefficient (Wildman–Crippen LogP) is 3.33. The first-order valence-corrected chi connectivity index (χ1v) is 15.2. The van der Waals surface area contributed by atoms with E-state index in [-0.39, 0.29) is 31.5 Å². The second kappa shape index (κ2) is 14.3. The number of hydrogen-bond acceptors (Lipinski definition) is 11. The fraction of sp³-hybridized carbons (Fsp3) is 0.656. The zero-order valence-electron chi connectivity index (χ0n) is 26.1. The maximum Gasteiger partial charge on any atom is 0.508 e. The molecule has 0 radical (unpaired) electrons. The molecule has 11 atom stereocenters. The number of aliphatic hydroxyl groups excluding tert-OH is 2. The topological polar surface area (TPSA) is 163 Å². The first-order chi connectivity index (χ1) is 20.9. The average Bonchev–Trinajstić information content (AvgIpc) is 3.63. The predicted molar refractivity (Wildman–Crippen MR) is 156 cm³/mol. The van der Waals surface area contributed by atoms with Crippen LogP contribution in [0.25, 0.3) is 0 Å². The Morgan fingerprint density at radius 1 is 1.18 bits per heavy atom. The normalized spacial score (nSPS) is 33.9. The lowest BCUT2D eigenvalue weighted by Crippen LogP contribution is -2.48. The van der Waals surface area contributed by atoms with E-state index >= 15 is 0 Å². The Balaban J connectivity index is 1.68. The van der Waals surface area contributed by atoms with E-state index in [1.165, 1.54) is 7.11 Å². The lowest BCUT2D eigenvalue weighted by atomic mass is 9.69. The zero-order chi connectivity index (χ0) is 32.2. The van der Waals surface area contributed by atoms with Gasteiger partial charge in [0.25, 0.3) is 0 Å². The van der Waals surface area contributed by atoms with E-state index in [0.717, 1.165) is 5.57 Å². The van der Waals surface area contributed by atoms with Crippen molar-refractivity contribution in [1.29, 1.82) is 0 Å². The van der Waals surface area contributed by atoms with Crippen LogP contribution in [0, 0.1) is 23.7 Å². The number of aliphatic hydroxyl groups is 2. The summed E-state index contributed by atoms with van der Waals surface area (Å²) in [6.07, 6.45) is 2.70. The SMILES string of the molecule is CO[C@H]1C[C@H]2C=C[C@@H]3C[C@]2(O[C@H]3[C@H](OC(=O)c2ccc[nH]2)[C@H](C)[C@H](C)O)/C(C)=C/[C@@H](C)[C@@H]([C@@H](C)OC(=O)OCCO)OC1=O. The van der Waals surface area contributed by atoms with E-state index in [2.05, 4.69) is 4.98 Å². The third-order valence-corrected chi connectivity index (χ3v) is 9.18. The minimum absolute atomic E-state index is 0.136. The zero-order valence-corrected chi connectivity index (χ0v) is 26.1. The number of hydrogen-bond donors (Lipinski definition) is 3. The van der Waals surface area contributed by atoms with Crippen LogP contribution < -0.4 is 0 Å². The second-order valence-electron chi connectivity index (χ2n) is 12.1. The number of aromatic amines is 1. The van der Waals surface area contributed by atoms with Crippen molar-refractivity contribution in [1.82, 2.24) is 4.98 Å². The van der Waals surface area contributed by atoms with Gasteiger partial charge in [0.1, 0.15) is 36.7 Å². The van der Waals surface area contributed by atoms with Crippen LogP contribution >= 0.6 is 0 Å². The molecule has 3 aliphatic rings. The van der Waals surface area contributed by atoms with Gasteiger partial charge in [-0.2, -0.15) is 0 Å². The number of carbonyl (C=O) groups excluding carboxylic acids is 3. The Kier molecular flexibility index (Phi) is 10.9. The van der Waals surface area contributed by atoms with E-state index < -0.39 is 72.2 Å². The Bertz CT molecular complexity index is 1210. The molecule has 2 aliphatic heterocycles. The van der Waals surface area contributed by atoms with Gasteiger partial charge in [-0.3, -0.25) is 0 Å². The van der Waals surface area contributed by atoms with Gasteiger partial charge in [0.15, 0.2) is 6.10 Å². The summed E-state index contributed by atoms with van der Waals surface area (Å²) in [6.45, 7) is 8.34. The number of ether oxygens (including phenoxy) is 6. The lowest BCUT2D eigenvalue weighted by Gasteiger charge is -2.41. The summed E-state index contributed by atoms with van der Waals surface area (Å²) in [7, 11) is 1.44. The van der Waals surface area contributed by atoms with Crippen LogP contribution in [-0.4, -0.2) is 95.8 Å². The number of esters is 2. The van der Waals surface area contributed by atoms with Crippen molar-refractivity contribution in [3.05, 3.63) is 47.8 Å². The van der Waals surface area contributed by atoms with Crippen LogP contribution in [0.3, 0.4) is 0 Å².